The van der Waals surface area contributed by atoms with Crippen LogP contribution in [-0.4, -0.2) is 49.8 Å². The molecule has 1 fully saturated rings. The van der Waals surface area contributed by atoms with Crippen molar-refractivity contribution in [2.75, 3.05) is 6.61 Å². The second-order valence-electron chi connectivity index (χ2n) is 4.37. The number of benzene rings is 1. The highest BCUT2D eigenvalue weighted by Gasteiger charge is 2.43. The molecule has 4 atom stereocenters. The van der Waals surface area contributed by atoms with Gasteiger partial charge in [-0.25, -0.2) is 4.98 Å². The number of aromatic nitrogens is 2. The largest absolute Gasteiger partial charge is 0.394 e. The number of fused-ring (bicyclic) bond motifs is 1. The van der Waals surface area contributed by atoms with Crippen LogP contribution in [0.1, 0.15) is 6.23 Å². The Morgan fingerprint density at radius 3 is 2.72 bits per heavy atom. The first-order valence-corrected chi connectivity index (χ1v) is 5.76. The maximum atomic E-state index is 9.96. The zero-order valence-electron chi connectivity index (χ0n) is 9.55. The van der Waals surface area contributed by atoms with Crippen molar-refractivity contribution in [3.05, 3.63) is 30.6 Å². The summed E-state index contributed by atoms with van der Waals surface area (Å²) in [6.45, 7) is -0.332. The Bertz CT molecular complexity index is 556. The third kappa shape index (κ3) is 1.62. The summed E-state index contributed by atoms with van der Waals surface area (Å²) < 4.78 is 7.13. The summed E-state index contributed by atoms with van der Waals surface area (Å²) in [6.07, 6.45) is -2.12. The van der Waals surface area contributed by atoms with Crippen LogP contribution in [0.2, 0.25) is 0 Å². The number of rotatable bonds is 2. The first-order valence-electron chi connectivity index (χ1n) is 5.76. The number of nitrogens with zero attached hydrogens (tertiary/aromatic N) is 2. The van der Waals surface area contributed by atoms with Crippen molar-refractivity contribution in [3.8, 4) is 0 Å². The summed E-state index contributed by atoms with van der Waals surface area (Å²) >= 11 is 0. The van der Waals surface area contributed by atoms with Crippen molar-refractivity contribution in [1.82, 2.24) is 9.55 Å². The molecule has 0 aliphatic carbocycles. The summed E-state index contributed by atoms with van der Waals surface area (Å²) in [6, 6.07) is 7.45. The molecule has 1 aromatic heterocycles. The van der Waals surface area contributed by atoms with Crippen molar-refractivity contribution < 1.29 is 20.1 Å². The normalized spacial score (nSPS) is 32.2. The summed E-state index contributed by atoms with van der Waals surface area (Å²) in [7, 11) is 0. The van der Waals surface area contributed by atoms with Gasteiger partial charge in [0.05, 0.1) is 24.0 Å². The molecule has 0 amide bonds. The maximum absolute atomic E-state index is 9.96. The van der Waals surface area contributed by atoms with Gasteiger partial charge in [-0.2, -0.15) is 0 Å². The first kappa shape index (κ1) is 11.6. The van der Waals surface area contributed by atoms with Crippen LogP contribution in [0.15, 0.2) is 30.6 Å². The van der Waals surface area contributed by atoms with E-state index in [2.05, 4.69) is 4.98 Å². The number of hydrogen-bond donors (Lipinski definition) is 3. The summed E-state index contributed by atoms with van der Waals surface area (Å²) in [4.78, 5) is 4.20. The highest BCUT2D eigenvalue weighted by atomic mass is 16.6. The SMILES string of the molecule is OC[C@@H]1O[C@@H](n2cnc3ccccc32)[C@@H](O)[C@@H]1O. The maximum Gasteiger partial charge on any atom is 0.164 e. The third-order valence-corrected chi connectivity index (χ3v) is 3.27. The molecule has 18 heavy (non-hydrogen) atoms. The molecule has 0 spiro atoms. The predicted octanol–water partition coefficient (Wildman–Crippen LogP) is -0.352. The molecule has 1 aliphatic rings. The summed E-state index contributed by atoms with van der Waals surface area (Å²) in [5, 5.41) is 28.7. The number of imidazole rings is 1. The molecule has 0 unspecified atom stereocenters. The van der Waals surface area contributed by atoms with E-state index in [-0.39, 0.29) is 6.61 Å². The molecule has 2 aromatic rings. The Morgan fingerprint density at radius 1 is 1.22 bits per heavy atom. The van der Waals surface area contributed by atoms with E-state index in [1.807, 2.05) is 24.3 Å². The molecule has 0 saturated carbocycles. The van der Waals surface area contributed by atoms with Gasteiger partial charge in [0, 0.05) is 0 Å². The van der Waals surface area contributed by atoms with Gasteiger partial charge in [-0.05, 0) is 12.1 Å². The molecule has 6 heteroatoms. The standard InChI is InChI=1S/C12H14N2O4/c15-5-9-10(16)11(17)12(18-9)14-6-13-7-3-1-2-4-8(7)14/h1-4,6,9-12,15-17H,5H2/t9-,10+,11-,12+/m0/s1. The van der Waals surface area contributed by atoms with Crippen molar-refractivity contribution in [2.24, 2.45) is 0 Å². The van der Waals surface area contributed by atoms with Gasteiger partial charge in [0.15, 0.2) is 6.23 Å². The van der Waals surface area contributed by atoms with Gasteiger partial charge in [0.1, 0.15) is 18.3 Å². The molecule has 96 valence electrons. The molecule has 1 saturated heterocycles. The molecule has 0 bridgehead atoms. The fourth-order valence-electron chi connectivity index (χ4n) is 2.29. The van der Waals surface area contributed by atoms with Crippen molar-refractivity contribution in [2.45, 2.75) is 24.5 Å². The van der Waals surface area contributed by atoms with Crippen LogP contribution in [0.25, 0.3) is 11.0 Å². The van der Waals surface area contributed by atoms with Gasteiger partial charge >= 0.3 is 0 Å². The van der Waals surface area contributed by atoms with Gasteiger partial charge < -0.3 is 24.6 Å². The van der Waals surface area contributed by atoms with Crippen LogP contribution in [0.4, 0.5) is 0 Å². The van der Waals surface area contributed by atoms with Crippen LogP contribution >= 0.6 is 0 Å². The smallest absolute Gasteiger partial charge is 0.164 e. The summed E-state index contributed by atoms with van der Waals surface area (Å²) in [5.41, 5.74) is 1.60. The lowest BCUT2D eigenvalue weighted by atomic mass is 10.1. The molecule has 3 rings (SSSR count). The Balaban J connectivity index is 2.00. The molecule has 6 nitrogen and oxygen atoms in total. The molecule has 3 N–H and O–H groups in total. The minimum atomic E-state index is -1.10. The minimum Gasteiger partial charge on any atom is -0.394 e. The van der Waals surface area contributed by atoms with E-state index in [0.29, 0.717) is 0 Å². The first-order chi connectivity index (χ1) is 8.72. The molecular weight excluding hydrogens is 236 g/mol. The van der Waals surface area contributed by atoms with Crippen LogP contribution in [-0.2, 0) is 4.74 Å². The Kier molecular flexibility index (Phi) is 2.79. The van der Waals surface area contributed by atoms with Gasteiger partial charge in [-0.1, -0.05) is 12.1 Å². The fraction of sp³-hybridized carbons (Fsp3) is 0.417. The van der Waals surface area contributed by atoms with E-state index in [1.54, 1.807) is 10.9 Å². The Labute approximate surface area is 103 Å². The van der Waals surface area contributed by atoms with Crippen molar-refractivity contribution >= 4 is 11.0 Å². The Hall–Kier alpha value is -1.47. The van der Waals surface area contributed by atoms with E-state index in [9.17, 15) is 10.2 Å². The lowest BCUT2D eigenvalue weighted by molar-refractivity contribution is -0.0508. The van der Waals surface area contributed by atoms with E-state index in [0.717, 1.165) is 11.0 Å². The molecule has 2 heterocycles. The van der Waals surface area contributed by atoms with E-state index in [4.69, 9.17) is 9.84 Å². The number of para-hydroxylation sites is 2. The van der Waals surface area contributed by atoms with Gasteiger partial charge in [-0.15, -0.1) is 0 Å². The number of hydrogen-bond acceptors (Lipinski definition) is 5. The summed E-state index contributed by atoms with van der Waals surface area (Å²) in [5.74, 6) is 0. The molecule has 0 radical (unpaired) electrons. The number of aliphatic hydroxyl groups excluding tert-OH is 3. The molecule has 1 aromatic carbocycles. The van der Waals surface area contributed by atoms with Crippen LogP contribution < -0.4 is 0 Å². The fourth-order valence-corrected chi connectivity index (χ4v) is 2.29. The predicted molar refractivity (Wildman–Crippen MR) is 62.7 cm³/mol. The molecule has 1 aliphatic heterocycles. The van der Waals surface area contributed by atoms with Gasteiger partial charge in [0.25, 0.3) is 0 Å². The highest BCUT2D eigenvalue weighted by molar-refractivity contribution is 5.75. The monoisotopic (exact) mass is 250 g/mol. The van der Waals surface area contributed by atoms with E-state index >= 15 is 0 Å². The quantitative estimate of drug-likeness (QED) is 0.678. The minimum absolute atomic E-state index is 0.332. The van der Waals surface area contributed by atoms with E-state index in [1.165, 1.54) is 0 Å². The third-order valence-electron chi connectivity index (χ3n) is 3.27. The van der Waals surface area contributed by atoms with E-state index < -0.39 is 24.5 Å². The van der Waals surface area contributed by atoms with Crippen molar-refractivity contribution in [1.29, 1.82) is 0 Å². The molecular formula is C12H14N2O4. The number of aliphatic hydroxyl groups is 3. The zero-order chi connectivity index (χ0) is 12.7. The highest BCUT2D eigenvalue weighted by Crippen LogP contribution is 2.31. The second-order valence-corrected chi connectivity index (χ2v) is 4.37. The van der Waals surface area contributed by atoms with Crippen molar-refractivity contribution in [3.63, 3.8) is 0 Å². The second kappa shape index (κ2) is 4.33. The van der Waals surface area contributed by atoms with Gasteiger partial charge in [-0.3, -0.25) is 0 Å². The lowest BCUT2D eigenvalue weighted by Gasteiger charge is -2.16. The van der Waals surface area contributed by atoms with Gasteiger partial charge in [0.2, 0.25) is 0 Å². The van der Waals surface area contributed by atoms with Crippen LogP contribution in [0.5, 0.6) is 0 Å². The topological polar surface area (TPSA) is 87.7 Å². The average Bonchev–Trinajstić information content (AvgIpc) is 2.93. The Morgan fingerprint density at radius 2 is 2.00 bits per heavy atom. The van der Waals surface area contributed by atoms with Crippen LogP contribution in [0, 0.1) is 0 Å². The lowest BCUT2D eigenvalue weighted by Crippen LogP contribution is -2.33. The number of ether oxygens (including phenoxy) is 1. The van der Waals surface area contributed by atoms with Crippen LogP contribution in [0.3, 0.4) is 0 Å². The average molecular weight is 250 g/mol. The zero-order valence-corrected chi connectivity index (χ0v) is 9.55.